The zero-order valence-corrected chi connectivity index (χ0v) is 9.56. The van der Waals surface area contributed by atoms with E-state index in [-0.39, 0.29) is 0 Å². The van der Waals surface area contributed by atoms with Gasteiger partial charge in [-0.05, 0) is 25.7 Å². The van der Waals surface area contributed by atoms with Crippen LogP contribution in [0, 0.1) is 5.92 Å². The maximum atomic E-state index is 5.83. The molecule has 0 aliphatic heterocycles. The van der Waals surface area contributed by atoms with Gasteiger partial charge in [0.25, 0.3) is 0 Å². The largest absolute Gasteiger partial charge is 0.341 e. The number of nitrogens with zero attached hydrogens (tertiary/aromatic N) is 3. The molecule has 1 heterocycles. The van der Waals surface area contributed by atoms with Crippen LogP contribution >= 0.6 is 0 Å². The summed E-state index contributed by atoms with van der Waals surface area (Å²) in [4.78, 5) is 6.64. The van der Waals surface area contributed by atoms with Crippen LogP contribution in [0.3, 0.4) is 0 Å². The van der Waals surface area contributed by atoms with Gasteiger partial charge in [-0.1, -0.05) is 0 Å². The Hall–Kier alpha value is -1.03. The second-order valence-electron chi connectivity index (χ2n) is 4.26. The van der Waals surface area contributed by atoms with Crippen molar-refractivity contribution in [3.05, 3.63) is 12.4 Å². The van der Waals surface area contributed by atoms with Crippen LogP contribution in [-0.4, -0.2) is 29.2 Å². The van der Waals surface area contributed by atoms with Crippen LogP contribution in [-0.2, 0) is 6.54 Å². The van der Waals surface area contributed by atoms with Crippen LogP contribution in [0.1, 0.15) is 19.8 Å². The molecule has 2 rings (SSSR count). The van der Waals surface area contributed by atoms with Crippen molar-refractivity contribution in [1.82, 2.24) is 9.55 Å². The lowest BCUT2D eigenvalue weighted by molar-refractivity contribution is 0.550. The van der Waals surface area contributed by atoms with Crippen molar-refractivity contribution in [2.24, 2.45) is 11.7 Å². The third-order valence-electron chi connectivity index (χ3n) is 3.25. The van der Waals surface area contributed by atoms with E-state index in [2.05, 4.69) is 28.4 Å². The average Bonchev–Trinajstić information content (AvgIpc) is 2.96. The van der Waals surface area contributed by atoms with Gasteiger partial charge in [0.05, 0.1) is 0 Å². The molecule has 0 spiro atoms. The van der Waals surface area contributed by atoms with Crippen molar-refractivity contribution in [3.63, 3.8) is 0 Å². The minimum atomic E-state index is 0.456. The van der Waals surface area contributed by atoms with Crippen molar-refractivity contribution < 1.29 is 0 Å². The molecule has 84 valence electrons. The Morgan fingerprint density at radius 2 is 2.40 bits per heavy atom. The SMILES string of the molecule is CCn1ccnc1N(C)C(CN)C1CC1. The second-order valence-corrected chi connectivity index (χ2v) is 4.26. The topological polar surface area (TPSA) is 47.1 Å². The Morgan fingerprint density at radius 3 is 2.93 bits per heavy atom. The van der Waals surface area contributed by atoms with Gasteiger partial charge in [0.1, 0.15) is 0 Å². The average molecular weight is 208 g/mol. The molecule has 1 aromatic rings. The molecule has 0 bridgehead atoms. The molecule has 0 radical (unpaired) electrons. The summed E-state index contributed by atoms with van der Waals surface area (Å²) in [6.07, 6.45) is 6.51. The van der Waals surface area contributed by atoms with E-state index in [0.29, 0.717) is 6.04 Å². The predicted octanol–water partition coefficient (Wildman–Crippen LogP) is 1.08. The molecule has 1 aliphatic rings. The molecule has 4 heteroatoms. The molecule has 0 saturated heterocycles. The standard InChI is InChI=1S/C11H20N4/c1-3-15-7-6-13-11(15)14(2)10(8-12)9-4-5-9/h6-7,9-10H,3-5,8,12H2,1-2H3. The zero-order chi connectivity index (χ0) is 10.8. The molecule has 1 unspecified atom stereocenters. The van der Waals surface area contributed by atoms with E-state index in [0.717, 1.165) is 25.0 Å². The number of rotatable bonds is 5. The Kier molecular flexibility index (Phi) is 2.95. The number of aryl methyl sites for hydroxylation is 1. The second kappa shape index (κ2) is 4.23. The summed E-state index contributed by atoms with van der Waals surface area (Å²) >= 11 is 0. The van der Waals surface area contributed by atoms with Crippen molar-refractivity contribution >= 4 is 5.95 Å². The van der Waals surface area contributed by atoms with E-state index in [1.807, 2.05) is 12.4 Å². The number of anilines is 1. The third kappa shape index (κ3) is 2.00. The predicted molar refractivity (Wildman–Crippen MR) is 61.9 cm³/mol. The maximum Gasteiger partial charge on any atom is 0.205 e. The molecular formula is C11H20N4. The van der Waals surface area contributed by atoms with Crippen LogP contribution in [0.5, 0.6) is 0 Å². The normalized spacial score (nSPS) is 17.8. The minimum Gasteiger partial charge on any atom is -0.341 e. The number of nitrogens with two attached hydrogens (primary N) is 1. The number of likely N-dealkylation sites (N-methyl/N-ethyl adjacent to an activating group) is 1. The first kappa shape index (κ1) is 10.5. The highest BCUT2D eigenvalue weighted by Gasteiger charge is 2.34. The Balaban J connectivity index is 2.14. The fourth-order valence-corrected chi connectivity index (χ4v) is 2.16. The number of aromatic nitrogens is 2. The van der Waals surface area contributed by atoms with Crippen molar-refractivity contribution in [3.8, 4) is 0 Å². The Morgan fingerprint density at radius 1 is 1.67 bits per heavy atom. The molecule has 0 amide bonds. The zero-order valence-electron chi connectivity index (χ0n) is 9.56. The highest BCUT2D eigenvalue weighted by Crippen LogP contribution is 2.35. The molecule has 2 N–H and O–H groups in total. The van der Waals surface area contributed by atoms with Crippen molar-refractivity contribution in [1.29, 1.82) is 0 Å². The minimum absolute atomic E-state index is 0.456. The van der Waals surface area contributed by atoms with Crippen LogP contribution in [0.25, 0.3) is 0 Å². The lowest BCUT2D eigenvalue weighted by Crippen LogP contribution is -2.41. The molecule has 15 heavy (non-hydrogen) atoms. The van der Waals surface area contributed by atoms with E-state index < -0.39 is 0 Å². The highest BCUT2D eigenvalue weighted by molar-refractivity contribution is 5.32. The number of hydrogen-bond donors (Lipinski definition) is 1. The van der Waals surface area contributed by atoms with E-state index in [4.69, 9.17) is 5.73 Å². The van der Waals surface area contributed by atoms with Gasteiger partial charge in [-0.3, -0.25) is 0 Å². The highest BCUT2D eigenvalue weighted by atomic mass is 15.3. The van der Waals surface area contributed by atoms with Gasteiger partial charge in [-0.15, -0.1) is 0 Å². The Bertz CT molecular complexity index is 316. The van der Waals surface area contributed by atoms with Crippen LogP contribution in [0.2, 0.25) is 0 Å². The first-order valence-electron chi connectivity index (χ1n) is 5.72. The summed E-state index contributed by atoms with van der Waals surface area (Å²) < 4.78 is 2.16. The summed E-state index contributed by atoms with van der Waals surface area (Å²) in [7, 11) is 2.10. The van der Waals surface area contributed by atoms with Gasteiger partial charge < -0.3 is 15.2 Å². The molecule has 1 atom stereocenters. The lowest BCUT2D eigenvalue weighted by Gasteiger charge is -2.28. The molecule has 1 saturated carbocycles. The monoisotopic (exact) mass is 208 g/mol. The van der Waals surface area contributed by atoms with Gasteiger partial charge in [-0.2, -0.15) is 0 Å². The number of imidazole rings is 1. The van der Waals surface area contributed by atoms with Gasteiger partial charge in [-0.25, -0.2) is 4.98 Å². The summed E-state index contributed by atoms with van der Waals surface area (Å²) in [6.45, 7) is 3.81. The number of hydrogen-bond acceptors (Lipinski definition) is 3. The van der Waals surface area contributed by atoms with Crippen molar-refractivity contribution in [2.75, 3.05) is 18.5 Å². The van der Waals surface area contributed by atoms with Crippen LogP contribution < -0.4 is 10.6 Å². The Labute approximate surface area is 91.1 Å². The molecule has 1 aliphatic carbocycles. The van der Waals surface area contributed by atoms with Crippen LogP contribution in [0.4, 0.5) is 5.95 Å². The van der Waals surface area contributed by atoms with Gasteiger partial charge in [0.2, 0.25) is 5.95 Å². The summed E-state index contributed by atoms with van der Waals surface area (Å²) in [6, 6.07) is 0.456. The summed E-state index contributed by atoms with van der Waals surface area (Å²) in [5.74, 6) is 1.82. The molecule has 0 aromatic carbocycles. The molecular weight excluding hydrogens is 188 g/mol. The van der Waals surface area contributed by atoms with Gasteiger partial charge in [0, 0.05) is 38.6 Å². The quantitative estimate of drug-likeness (QED) is 0.787. The molecule has 1 aromatic heterocycles. The van der Waals surface area contributed by atoms with Crippen LogP contribution in [0.15, 0.2) is 12.4 Å². The van der Waals surface area contributed by atoms with Gasteiger partial charge >= 0.3 is 0 Å². The lowest BCUT2D eigenvalue weighted by atomic mass is 10.1. The first-order chi connectivity index (χ1) is 7.27. The van der Waals surface area contributed by atoms with E-state index in [1.54, 1.807) is 0 Å². The summed E-state index contributed by atoms with van der Waals surface area (Å²) in [5, 5.41) is 0. The first-order valence-corrected chi connectivity index (χ1v) is 5.72. The fourth-order valence-electron chi connectivity index (χ4n) is 2.16. The van der Waals surface area contributed by atoms with E-state index in [1.165, 1.54) is 12.8 Å². The smallest absolute Gasteiger partial charge is 0.205 e. The molecule has 4 nitrogen and oxygen atoms in total. The van der Waals surface area contributed by atoms with Gasteiger partial charge in [0.15, 0.2) is 0 Å². The molecule has 1 fully saturated rings. The summed E-state index contributed by atoms with van der Waals surface area (Å²) in [5.41, 5.74) is 5.83. The maximum absolute atomic E-state index is 5.83. The van der Waals surface area contributed by atoms with E-state index >= 15 is 0 Å². The van der Waals surface area contributed by atoms with E-state index in [9.17, 15) is 0 Å². The van der Waals surface area contributed by atoms with Crippen molar-refractivity contribution in [2.45, 2.75) is 32.4 Å². The fraction of sp³-hybridized carbons (Fsp3) is 0.727. The third-order valence-corrected chi connectivity index (χ3v) is 3.25.